The van der Waals surface area contributed by atoms with Gasteiger partial charge in [-0.3, -0.25) is 0 Å². The summed E-state index contributed by atoms with van der Waals surface area (Å²) in [5, 5.41) is 0. The van der Waals surface area contributed by atoms with E-state index in [9.17, 15) is 24.2 Å². The number of benzene rings is 2. The Morgan fingerprint density at radius 3 is 2.07 bits per heavy atom. The molecule has 2 aromatic carbocycles. The van der Waals surface area contributed by atoms with Crippen molar-refractivity contribution in [3.63, 3.8) is 0 Å². The van der Waals surface area contributed by atoms with Gasteiger partial charge in [-0.2, -0.15) is 0 Å². The van der Waals surface area contributed by atoms with Gasteiger partial charge in [-0.15, -0.1) is 0 Å². The Morgan fingerprint density at radius 2 is 1.52 bits per heavy atom. The first-order valence-electron chi connectivity index (χ1n) is 8.03. The Bertz CT molecular complexity index is 1050. The van der Waals surface area contributed by atoms with Gasteiger partial charge in [-0.1, -0.05) is 31.6 Å². The van der Waals surface area contributed by atoms with E-state index >= 15 is 0 Å². The smallest absolute Gasteiger partial charge is 0.337 e. The standard InChI is InChI=1S/C19H14F5NO3S/c1-27-19(26)14-6-4-13(5-7-14)17-3-2-12-25-18(17)28-15-8-10-16(11-9-15)29(20,21,22,23)24/h2-12H,1H3. The van der Waals surface area contributed by atoms with Gasteiger partial charge in [-0.25, -0.2) is 9.78 Å². The molecule has 4 nitrogen and oxygen atoms in total. The van der Waals surface area contributed by atoms with E-state index in [1.165, 1.54) is 25.4 Å². The third kappa shape index (κ3) is 4.83. The second kappa shape index (κ2) is 6.45. The van der Waals surface area contributed by atoms with Gasteiger partial charge in [0.15, 0.2) is 0 Å². The number of esters is 1. The lowest BCUT2D eigenvalue weighted by atomic mass is 10.1. The van der Waals surface area contributed by atoms with E-state index in [1.807, 2.05) is 0 Å². The van der Waals surface area contributed by atoms with Crippen molar-refractivity contribution in [3.05, 3.63) is 72.4 Å². The van der Waals surface area contributed by atoms with Crippen LogP contribution in [0.2, 0.25) is 0 Å². The summed E-state index contributed by atoms with van der Waals surface area (Å²) in [4.78, 5) is 13.6. The molecule has 154 valence electrons. The van der Waals surface area contributed by atoms with E-state index in [4.69, 9.17) is 4.74 Å². The molecule has 0 bridgehead atoms. The first kappa shape index (κ1) is 20.6. The van der Waals surface area contributed by atoms with Gasteiger partial charge >= 0.3 is 16.2 Å². The summed E-state index contributed by atoms with van der Waals surface area (Å²) >= 11 is 0. The second-order valence-electron chi connectivity index (χ2n) is 5.97. The molecule has 0 unspecified atom stereocenters. The Balaban J connectivity index is 1.90. The van der Waals surface area contributed by atoms with Crippen LogP contribution < -0.4 is 4.74 Å². The molecule has 0 aliphatic carbocycles. The predicted octanol–water partition coefficient (Wildman–Crippen LogP) is 6.98. The normalized spacial score (nSPS) is 13.9. The highest BCUT2D eigenvalue weighted by Gasteiger charge is 2.65. The fourth-order valence-corrected chi connectivity index (χ4v) is 3.12. The van der Waals surface area contributed by atoms with Gasteiger partial charge in [0.2, 0.25) is 5.88 Å². The van der Waals surface area contributed by atoms with Crippen molar-refractivity contribution in [2.45, 2.75) is 4.90 Å². The molecular formula is C19H14F5NO3S. The van der Waals surface area contributed by atoms with Gasteiger partial charge in [0.05, 0.1) is 12.7 Å². The zero-order valence-electron chi connectivity index (χ0n) is 14.8. The van der Waals surface area contributed by atoms with Crippen LogP contribution in [0.5, 0.6) is 11.6 Å². The number of carbonyl (C=O) groups excluding carboxylic acids is 1. The fraction of sp³-hybridized carbons (Fsp3) is 0.0526. The molecule has 0 aliphatic rings. The maximum atomic E-state index is 12.8. The third-order valence-electron chi connectivity index (χ3n) is 3.87. The maximum Gasteiger partial charge on any atom is 0.337 e. The molecule has 0 spiro atoms. The van der Waals surface area contributed by atoms with Crippen molar-refractivity contribution in [1.82, 2.24) is 4.98 Å². The summed E-state index contributed by atoms with van der Waals surface area (Å²) in [7, 11) is -8.49. The van der Waals surface area contributed by atoms with Gasteiger partial charge < -0.3 is 9.47 Å². The number of pyridine rings is 1. The molecule has 29 heavy (non-hydrogen) atoms. The van der Waals surface area contributed by atoms with Crippen molar-refractivity contribution < 1.29 is 33.7 Å². The molecule has 1 heterocycles. The molecule has 10 heteroatoms. The minimum atomic E-state index is -9.75. The number of carbonyl (C=O) groups is 1. The van der Waals surface area contributed by atoms with E-state index < -0.39 is 21.1 Å². The SMILES string of the molecule is COC(=O)c1ccc(-c2cccnc2Oc2ccc(S(F)(F)(F)(F)F)cc2)cc1. The minimum absolute atomic E-state index is 0.0541. The number of halogens is 5. The van der Waals surface area contributed by atoms with Crippen LogP contribution in [0.15, 0.2) is 71.8 Å². The summed E-state index contributed by atoms with van der Waals surface area (Å²) in [6.45, 7) is 0. The van der Waals surface area contributed by atoms with E-state index in [-0.39, 0.29) is 23.8 Å². The highest BCUT2D eigenvalue weighted by atomic mass is 32.5. The number of nitrogens with zero attached hydrogens (tertiary/aromatic N) is 1. The van der Waals surface area contributed by atoms with Crippen LogP contribution in [0.25, 0.3) is 11.1 Å². The van der Waals surface area contributed by atoms with Crippen molar-refractivity contribution in [1.29, 1.82) is 0 Å². The highest BCUT2D eigenvalue weighted by molar-refractivity contribution is 8.45. The molecule has 0 saturated heterocycles. The molecule has 0 fully saturated rings. The summed E-state index contributed by atoms with van der Waals surface area (Å²) in [5.41, 5.74) is 1.43. The van der Waals surface area contributed by atoms with Crippen LogP contribution in [0.3, 0.4) is 0 Å². The lowest BCUT2D eigenvalue weighted by molar-refractivity contribution is 0.0600. The average Bonchev–Trinajstić information content (AvgIpc) is 2.66. The van der Waals surface area contributed by atoms with Crippen LogP contribution in [0.4, 0.5) is 19.4 Å². The van der Waals surface area contributed by atoms with Crippen molar-refractivity contribution in [2.24, 2.45) is 0 Å². The number of hydrogen-bond acceptors (Lipinski definition) is 4. The largest absolute Gasteiger partial charge is 0.465 e. The fourth-order valence-electron chi connectivity index (χ4n) is 2.47. The van der Waals surface area contributed by atoms with Gasteiger partial charge in [0.25, 0.3) is 0 Å². The maximum absolute atomic E-state index is 12.8. The number of aromatic nitrogens is 1. The monoisotopic (exact) mass is 431 g/mol. The first-order chi connectivity index (χ1) is 13.4. The zero-order valence-corrected chi connectivity index (χ0v) is 15.6. The number of methoxy groups -OCH3 is 1. The molecule has 1 aromatic heterocycles. The van der Waals surface area contributed by atoms with E-state index in [1.54, 1.807) is 24.3 Å². The molecule has 0 amide bonds. The zero-order chi connectivity index (χ0) is 21.3. The quantitative estimate of drug-likeness (QED) is 0.323. The van der Waals surface area contributed by atoms with E-state index in [0.717, 1.165) is 12.1 Å². The third-order valence-corrected chi connectivity index (χ3v) is 5.03. The molecule has 0 aliphatic heterocycles. The summed E-state index contributed by atoms with van der Waals surface area (Å²) in [6.07, 6.45) is 1.41. The molecule has 3 rings (SSSR count). The summed E-state index contributed by atoms with van der Waals surface area (Å²) < 4.78 is 74.2. The molecule has 0 atom stereocenters. The summed E-state index contributed by atoms with van der Waals surface area (Å²) in [6, 6.07) is 11.7. The lowest BCUT2D eigenvalue weighted by Gasteiger charge is -2.40. The minimum Gasteiger partial charge on any atom is -0.465 e. The van der Waals surface area contributed by atoms with Crippen LogP contribution >= 0.6 is 10.2 Å². The first-order valence-corrected chi connectivity index (χ1v) is 9.98. The van der Waals surface area contributed by atoms with Crippen molar-refractivity contribution >= 4 is 16.2 Å². The Kier molecular flexibility index (Phi) is 4.58. The number of hydrogen-bond donors (Lipinski definition) is 0. The Labute approximate surface area is 162 Å². The molecule has 0 N–H and O–H groups in total. The Hall–Kier alpha value is -3.14. The number of rotatable bonds is 5. The molecular weight excluding hydrogens is 417 g/mol. The van der Waals surface area contributed by atoms with Crippen molar-refractivity contribution in [2.75, 3.05) is 7.11 Å². The Morgan fingerprint density at radius 1 is 0.897 bits per heavy atom. The number of ether oxygens (including phenoxy) is 2. The average molecular weight is 431 g/mol. The van der Waals surface area contributed by atoms with Crippen LogP contribution in [0.1, 0.15) is 10.4 Å². The van der Waals surface area contributed by atoms with E-state index in [2.05, 4.69) is 9.72 Å². The van der Waals surface area contributed by atoms with Gasteiger partial charge in [0.1, 0.15) is 10.6 Å². The highest BCUT2D eigenvalue weighted by Crippen LogP contribution is 3.02. The van der Waals surface area contributed by atoms with E-state index in [0.29, 0.717) is 16.7 Å². The lowest BCUT2D eigenvalue weighted by Crippen LogP contribution is -2.05. The van der Waals surface area contributed by atoms with Gasteiger partial charge in [-0.05, 0) is 54.1 Å². The molecule has 3 aromatic rings. The van der Waals surface area contributed by atoms with Gasteiger partial charge in [0, 0.05) is 11.8 Å². The topological polar surface area (TPSA) is 48.4 Å². The van der Waals surface area contributed by atoms with Crippen LogP contribution in [-0.2, 0) is 4.74 Å². The van der Waals surface area contributed by atoms with Crippen LogP contribution in [0, 0.1) is 0 Å². The van der Waals surface area contributed by atoms with Crippen molar-refractivity contribution in [3.8, 4) is 22.8 Å². The molecule has 0 radical (unpaired) electrons. The second-order valence-corrected chi connectivity index (χ2v) is 8.38. The summed E-state index contributed by atoms with van der Waals surface area (Å²) in [5.74, 6) is -0.552. The predicted molar refractivity (Wildman–Crippen MR) is 98.9 cm³/mol. The van der Waals surface area contributed by atoms with Crippen LogP contribution in [-0.4, -0.2) is 18.1 Å². The molecule has 0 saturated carbocycles.